The maximum Gasteiger partial charge on any atom is 0.330 e. The van der Waals surface area contributed by atoms with Gasteiger partial charge < -0.3 is 67.1 Å². The molecule has 0 aliphatic rings. The lowest BCUT2D eigenvalue weighted by Gasteiger charge is -2.12. The molecule has 0 aliphatic carbocycles. The van der Waals surface area contributed by atoms with Gasteiger partial charge in [0.15, 0.2) is 6.29 Å². The van der Waals surface area contributed by atoms with Gasteiger partial charge >= 0.3 is 41.8 Å². The molecule has 24 heteroatoms. The summed E-state index contributed by atoms with van der Waals surface area (Å²) in [5.41, 5.74) is 9.56. The number of benzene rings is 5. The van der Waals surface area contributed by atoms with E-state index in [-0.39, 0.29) is 35.8 Å². The fourth-order valence-electron chi connectivity index (χ4n) is 8.75. The summed E-state index contributed by atoms with van der Waals surface area (Å²) in [5.74, 6) is 1.48. The number of esters is 7. The van der Waals surface area contributed by atoms with Crippen LogP contribution in [0, 0.1) is 41.5 Å². The Bertz CT molecular complexity index is 3340. The predicted molar refractivity (Wildman–Crippen MR) is 430 cm³/mol. The highest BCUT2D eigenvalue weighted by Crippen LogP contribution is 2.28. The molecule has 0 heterocycles. The van der Waals surface area contributed by atoms with E-state index >= 15 is 0 Å². The van der Waals surface area contributed by atoms with Crippen molar-refractivity contribution < 1.29 is 105 Å². The number of unbranched alkanes of at least 4 members (excludes halogenated alkanes) is 2. The van der Waals surface area contributed by atoms with Crippen LogP contribution >= 0.6 is 31.9 Å². The van der Waals surface area contributed by atoms with Crippen molar-refractivity contribution in [2.45, 2.75) is 179 Å². The minimum atomic E-state index is -0.393. The minimum Gasteiger partial charge on any atom is -0.508 e. The van der Waals surface area contributed by atoms with Crippen LogP contribution in [0.5, 0.6) is 28.7 Å². The lowest BCUT2D eigenvalue weighted by Crippen LogP contribution is -2.07. The number of phenolic OH excluding ortho intramolecular Hbond substituents is 1. The monoisotopic (exact) mass is 1640 g/mol. The van der Waals surface area contributed by atoms with Gasteiger partial charge in [-0.2, -0.15) is 0 Å². The Morgan fingerprint density at radius 3 is 1.09 bits per heavy atom. The zero-order chi connectivity index (χ0) is 81.1. The number of hydrogen-bond acceptors (Lipinski definition) is 22. The normalized spacial score (nSPS) is 10.1. The van der Waals surface area contributed by atoms with Gasteiger partial charge in [0.1, 0.15) is 28.7 Å². The van der Waals surface area contributed by atoms with E-state index in [4.69, 9.17) is 62.3 Å². The molecule has 0 bridgehead atoms. The fraction of sp³-hybridized carbons (Fsp3) is 0.500. The molecule has 22 nitrogen and oxygen atoms in total. The van der Waals surface area contributed by atoms with Crippen LogP contribution in [-0.4, -0.2) is 157 Å². The number of rotatable bonds is 41. The summed E-state index contributed by atoms with van der Waals surface area (Å²) >= 11 is 6.65. The van der Waals surface area contributed by atoms with Crippen molar-refractivity contribution in [3.05, 3.63) is 159 Å². The average Bonchev–Trinajstić information content (AvgIpc) is 0.867. The molecule has 5 aromatic carbocycles. The molecule has 2 N–H and O–H groups in total. The summed E-state index contributed by atoms with van der Waals surface area (Å²) in [4.78, 5) is 89.2. The van der Waals surface area contributed by atoms with Gasteiger partial charge in [0.25, 0.3) is 0 Å². The van der Waals surface area contributed by atoms with E-state index < -0.39 is 5.97 Å². The number of methoxy groups -OCH3 is 1. The summed E-state index contributed by atoms with van der Waals surface area (Å²) in [7, 11) is 1.69. The van der Waals surface area contributed by atoms with Crippen molar-refractivity contribution in [3.8, 4) is 28.7 Å². The van der Waals surface area contributed by atoms with E-state index in [1.807, 2.05) is 121 Å². The first-order valence-electron chi connectivity index (χ1n) is 36.8. The maximum absolute atomic E-state index is 11.5. The molecular weight excluding hydrogens is 1520 g/mol. The van der Waals surface area contributed by atoms with Crippen molar-refractivity contribution in [1.29, 1.82) is 0 Å². The Hall–Kier alpha value is -8.58. The van der Waals surface area contributed by atoms with Gasteiger partial charge in [0.05, 0.1) is 78.2 Å². The zero-order valence-electron chi connectivity index (χ0n) is 66.2. The zero-order valence-corrected chi connectivity index (χ0v) is 69.3. The smallest absolute Gasteiger partial charge is 0.330 e. The highest BCUT2D eigenvalue weighted by atomic mass is 79.9. The number of carbonyl (C=O) groups excluding carboxylic acids is 8. The third kappa shape index (κ3) is 50.9. The Morgan fingerprint density at radius 1 is 0.380 bits per heavy atom. The van der Waals surface area contributed by atoms with Crippen molar-refractivity contribution in [3.63, 3.8) is 0 Å². The first-order valence-corrected chi connectivity index (χ1v) is 39.0. The van der Waals surface area contributed by atoms with Crippen LogP contribution < -0.4 is 18.9 Å². The third-order valence-corrected chi connectivity index (χ3v) is 15.8. The lowest BCUT2D eigenvalue weighted by molar-refractivity contribution is -0.144. The van der Waals surface area contributed by atoms with Crippen LogP contribution in [0.25, 0.3) is 12.2 Å². The summed E-state index contributed by atoms with van der Waals surface area (Å²) in [5, 5.41) is 18.9. The van der Waals surface area contributed by atoms with Crippen LogP contribution in [0.2, 0.25) is 0 Å². The van der Waals surface area contributed by atoms with Gasteiger partial charge in [-0.05, 0) is 223 Å². The van der Waals surface area contributed by atoms with Crippen molar-refractivity contribution in [2.24, 2.45) is 0 Å². The van der Waals surface area contributed by atoms with Crippen molar-refractivity contribution in [1.82, 2.24) is 0 Å². The molecule has 0 amide bonds. The van der Waals surface area contributed by atoms with Gasteiger partial charge in [0.2, 0.25) is 0 Å². The molecule has 108 heavy (non-hydrogen) atoms. The van der Waals surface area contributed by atoms with Crippen molar-refractivity contribution in [2.75, 3.05) is 98.3 Å². The fourth-order valence-corrected chi connectivity index (χ4v) is 9.52. The van der Waals surface area contributed by atoms with Gasteiger partial charge in [-0.25, -0.2) is 9.59 Å². The van der Waals surface area contributed by atoms with Crippen LogP contribution in [0.3, 0.4) is 0 Å². The Balaban J connectivity index is 0. The third-order valence-electron chi connectivity index (χ3n) is 14.6. The molecule has 0 spiro atoms. The van der Waals surface area contributed by atoms with Crippen LogP contribution in [0.15, 0.2) is 103 Å². The second kappa shape index (κ2) is 67.7. The SMILES string of the molecule is CCOC(=O)/C=C/c1c(C)cccc1OCCCC(=O)OCC.CCOC(=O)/C=C/c1c(CBr)cccc1OCCCC(=O)OCC.CCOC(=O)CCCBr.CCOC(=O)CCCOc1cccc(C)c1C.CCOC(=O)CCCOc1cccc(C)c1C=O.COCCCCCO.Cc1cccc(O)c1C. The molecular formula is C84H120Br2O22. The van der Waals surface area contributed by atoms with E-state index in [2.05, 4.69) is 49.6 Å². The molecule has 0 unspecified atom stereocenters. The van der Waals surface area contributed by atoms with Gasteiger partial charge in [-0.15, -0.1) is 0 Å². The molecule has 0 radical (unpaired) electrons. The molecule has 0 fully saturated rings. The number of aromatic hydroxyl groups is 1. The highest BCUT2D eigenvalue weighted by molar-refractivity contribution is 9.09. The van der Waals surface area contributed by atoms with E-state index in [0.717, 1.165) is 94.2 Å². The quantitative estimate of drug-likeness (QED) is 0.00918. The van der Waals surface area contributed by atoms with Gasteiger partial charge in [-0.3, -0.25) is 28.8 Å². The summed E-state index contributed by atoms with van der Waals surface area (Å²) in [6, 6.07) is 28.3. The topological polar surface area (TPSA) is 288 Å². The number of aliphatic hydroxyl groups is 1. The number of aryl methyl sites for hydroxylation is 4. The molecule has 0 saturated carbocycles. The number of carbonyl (C=O) groups is 8. The first kappa shape index (κ1) is 101. The van der Waals surface area contributed by atoms with Crippen LogP contribution in [0.1, 0.15) is 192 Å². The van der Waals surface area contributed by atoms with Gasteiger partial charge in [0, 0.05) is 86.4 Å². The molecule has 0 atom stereocenters. The second-order valence-electron chi connectivity index (χ2n) is 23.0. The maximum atomic E-state index is 11.5. The standard InChI is InChI=1S/C18H23BrO5.C18H24O5.C14H18O4.C14H20O3.C8H10O.C6H11BrO2.C6H14O2/c1-3-22-17(20)9-6-12-24-16-8-5-7-14(13-19)15(16)10-11-18(21)23-4-2;1-4-21-17(19)10-7-13-23-16-9-6-8-14(3)15(16)11-12-18(20)22-5-2;1-3-17-14(16)8-5-9-18-13-7-4-6-11(2)12(13)10-15;1-4-16-14(15)9-6-10-17-13-8-5-7-11(2)12(13)3;1-6-4-3-5-8(9)7(6)2;1-2-9-6(8)4-3-5-7;1-8-6-4-2-3-5-7/h5,7-8,10-11H,3-4,6,9,12-13H2,1-2H3;6,8-9,11-12H,4-5,7,10,13H2,1-3H3;4,6-7,10H,3,5,8-9H2,1-2H3;5,7-8H,4,6,9-10H2,1-3H3;3-5,9H,1-2H3;2-5H2,1H3;7H,2-6H2,1H3/b11-10+;12-11+;;;;;. The molecule has 5 aromatic rings. The summed E-state index contributed by atoms with van der Waals surface area (Å²) < 4.78 is 61.3. The molecule has 5 rings (SSSR count). The van der Waals surface area contributed by atoms with E-state index in [1.165, 1.54) is 17.7 Å². The van der Waals surface area contributed by atoms with Crippen LogP contribution in [0.4, 0.5) is 0 Å². The molecule has 602 valence electrons. The largest absolute Gasteiger partial charge is 0.508 e. The Kier molecular flexibility index (Phi) is 63.7. The lowest BCUT2D eigenvalue weighted by atomic mass is 10.1. The predicted octanol–water partition coefficient (Wildman–Crippen LogP) is 17.3. The molecule has 0 aromatic heterocycles. The number of ether oxygens (including phenoxy) is 12. The second-order valence-corrected chi connectivity index (χ2v) is 24.4. The van der Waals surface area contributed by atoms with E-state index in [1.54, 1.807) is 66.0 Å². The highest BCUT2D eigenvalue weighted by Gasteiger charge is 2.12. The number of aliphatic hydroxyl groups excluding tert-OH is 1. The Labute approximate surface area is 658 Å². The van der Waals surface area contributed by atoms with Crippen molar-refractivity contribution >= 4 is 92.1 Å². The number of aldehydes is 1. The molecule has 0 saturated heterocycles. The van der Waals surface area contributed by atoms with E-state index in [0.29, 0.717) is 171 Å². The number of alkyl halides is 2. The molecule has 0 aliphatic heterocycles. The minimum absolute atomic E-state index is 0.100. The van der Waals surface area contributed by atoms with E-state index in [9.17, 15) is 38.4 Å². The van der Waals surface area contributed by atoms with Gasteiger partial charge in [-0.1, -0.05) is 92.5 Å². The number of halogens is 2. The first-order chi connectivity index (χ1) is 52.0. The average molecular weight is 1640 g/mol. The van der Waals surface area contributed by atoms with Crippen LogP contribution in [-0.2, 0) is 76.8 Å². The number of hydrogen-bond donors (Lipinski definition) is 2. The number of phenols is 1. The Morgan fingerprint density at radius 2 is 0.722 bits per heavy atom. The summed E-state index contributed by atoms with van der Waals surface area (Å²) in [6.07, 6.45) is 15.2. The summed E-state index contributed by atoms with van der Waals surface area (Å²) in [6.45, 7) is 29.9.